The highest BCUT2D eigenvalue weighted by Gasteiger charge is 2.13. The smallest absolute Gasteiger partial charge is 0.00771 e. The van der Waals surface area contributed by atoms with Gasteiger partial charge in [-0.25, -0.2) is 0 Å². The lowest BCUT2D eigenvalue weighted by Gasteiger charge is -2.19. The molecule has 1 rings (SSSR count). The summed E-state index contributed by atoms with van der Waals surface area (Å²) < 4.78 is 0. The van der Waals surface area contributed by atoms with E-state index in [0.29, 0.717) is 5.92 Å². The maximum atomic E-state index is 5.62. The largest absolute Gasteiger partial charge is 0.330 e. The predicted molar refractivity (Wildman–Crippen MR) is 71.9 cm³/mol. The molecule has 1 aromatic rings. The monoisotopic (exact) mass is 219 g/mol. The Morgan fingerprint density at radius 2 is 1.94 bits per heavy atom. The summed E-state index contributed by atoms with van der Waals surface area (Å²) in [6, 6.07) is 6.67. The van der Waals surface area contributed by atoms with Crippen LogP contribution in [-0.2, 0) is 0 Å². The second kappa shape index (κ2) is 6.70. The third-order valence-electron chi connectivity index (χ3n) is 3.48. The summed E-state index contributed by atoms with van der Waals surface area (Å²) in [5.74, 6) is 0.702. The average Bonchev–Trinajstić information content (AvgIpc) is 2.28. The van der Waals surface area contributed by atoms with Crippen LogP contribution in [0.25, 0.3) is 0 Å². The molecule has 0 amide bonds. The predicted octanol–water partition coefficient (Wildman–Crippen LogP) is 3.93. The first-order chi connectivity index (χ1) is 7.70. The van der Waals surface area contributed by atoms with Crippen molar-refractivity contribution in [1.29, 1.82) is 0 Å². The summed E-state index contributed by atoms with van der Waals surface area (Å²) >= 11 is 0. The van der Waals surface area contributed by atoms with Crippen molar-refractivity contribution in [3.8, 4) is 0 Å². The third-order valence-corrected chi connectivity index (χ3v) is 3.48. The third kappa shape index (κ3) is 3.34. The molecular weight excluding hydrogens is 194 g/mol. The molecule has 0 spiro atoms. The molecule has 0 aliphatic rings. The Balaban J connectivity index is 2.86. The van der Waals surface area contributed by atoms with Crippen LogP contribution in [0, 0.1) is 13.8 Å². The van der Waals surface area contributed by atoms with Crippen molar-refractivity contribution in [2.75, 3.05) is 6.54 Å². The lowest BCUT2D eigenvalue weighted by molar-refractivity contribution is 0.547. The van der Waals surface area contributed by atoms with Gasteiger partial charge in [0.2, 0.25) is 0 Å². The normalized spacial score (nSPS) is 12.8. The zero-order valence-corrected chi connectivity index (χ0v) is 10.9. The number of nitrogens with two attached hydrogens (primary N) is 1. The van der Waals surface area contributed by atoms with Crippen molar-refractivity contribution in [2.24, 2.45) is 5.73 Å². The van der Waals surface area contributed by atoms with Gasteiger partial charge in [0.25, 0.3) is 0 Å². The van der Waals surface area contributed by atoms with E-state index < -0.39 is 0 Å². The molecule has 1 aromatic carbocycles. The van der Waals surface area contributed by atoms with Gasteiger partial charge in [-0.3, -0.25) is 0 Å². The molecule has 1 heteroatoms. The van der Waals surface area contributed by atoms with E-state index >= 15 is 0 Å². The molecule has 0 fully saturated rings. The summed E-state index contributed by atoms with van der Waals surface area (Å²) in [6.07, 6.45) is 4.90. The van der Waals surface area contributed by atoms with Crippen LogP contribution in [0.4, 0.5) is 0 Å². The molecule has 0 aliphatic carbocycles. The molecule has 1 atom stereocenters. The van der Waals surface area contributed by atoms with Crippen molar-refractivity contribution in [2.45, 2.75) is 52.4 Å². The Hall–Kier alpha value is -0.820. The van der Waals surface area contributed by atoms with Crippen molar-refractivity contribution < 1.29 is 0 Å². The zero-order chi connectivity index (χ0) is 12.0. The first-order valence-corrected chi connectivity index (χ1v) is 6.46. The molecular formula is C15H25N. The summed E-state index contributed by atoms with van der Waals surface area (Å²) in [4.78, 5) is 0. The maximum absolute atomic E-state index is 5.62. The molecule has 2 N–H and O–H groups in total. The van der Waals surface area contributed by atoms with Gasteiger partial charge in [0.05, 0.1) is 0 Å². The van der Waals surface area contributed by atoms with Crippen LogP contribution in [0.3, 0.4) is 0 Å². The molecule has 0 aromatic heterocycles. The lowest BCUT2D eigenvalue weighted by atomic mass is 9.86. The van der Waals surface area contributed by atoms with E-state index in [1.165, 1.54) is 36.0 Å². The van der Waals surface area contributed by atoms with Gasteiger partial charge in [0, 0.05) is 0 Å². The maximum Gasteiger partial charge on any atom is -0.00771 e. The molecule has 0 heterocycles. The van der Waals surface area contributed by atoms with Gasteiger partial charge in [-0.2, -0.15) is 0 Å². The molecule has 16 heavy (non-hydrogen) atoms. The summed E-state index contributed by atoms with van der Waals surface area (Å²) in [5.41, 5.74) is 10.0. The molecule has 1 nitrogen and oxygen atoms in total. The first-order valence-electron chi connectivity index (χ1n) is 6.46. The molecule has 0 saturated carbocycles. The Morgan fingerprint density at radius 1 is 1.19 bits per heavy atom. The molecule has 0 bridgehead atoms. The highest BCUT2D eigenvalue weighted by atomic mass is 14.5. The van der Waals surface area contributed by atoms with E-state index in [0.717, 1.165) is 13.0 Å². The van der Waals surface area contributed by atoms with E-state index in [9.17, 15) is 0 Å². The van der Waals surface area contributed by atoms with Crippen LogP contribution in [0.5, 0.6) is 0 Å². The van der Waals surface area contributed by atoms with E-state index in [4.69, 9.17) is 5.73 Å². The topological polar surface area (TPSA) is 26.0 Å². The van der Waals surface area contributed by atoms with Crippen LogP contribution in [0.15, 0.2) is 18.2 Å². The van der Waals surface area contributed by atoms with Crippen molar-refractivity contribution >= 4 is 0 Å². The van der Waals surface area contributed by atoms with Crippen LogP contribution in [0.1, 0.15) is 55.2 Å². The fraction of sp³-hybridized carbons (Fsp3) is 0.600. The Morgan fingerprint density at radius 3 is 2.56 bits per heavy atom. The number of hydrogen-bond acceptors (Lipinski definition) is 1. The first kappa shape index (κ1) is 13.2. The van der Waals surface area contributed by atoms with Gasteiger partial charge in [-0.05, 0) is 62.3 Å². The quantitative estimate of drug-likeness (QED) is 0.771. The van der Waals surface area contributed by atoms with E-state index in [-0.39, 0.29) is 0 Å². The van der Waals surface area contributed by atoms with E-state index in [1.54, 1.807) is 0 Å². The Kier molecular flexibility index (Phi) is 5.54. The van der Waals surface area contributed by atoms with Crippen molar-refractivity contribution in [1.82, 2.24) is 0 Å². The zero-order valence-electron chi connectivity index (χ0n) is 10.9. The number of benzene rings is 1. The van der Waals surface area contributed by atoms with Crippen molar-refractivity contribution in [3.05, 3.63) is 34.9 Å². The van der Waals surface area contributed by atoms with Crippen LogP contribution < -0.4 is 5.73 Å². The number of aryl methyl sites for hydroxylation is 1. The standard InChI is InChI=1S/C15H25N/c1-4-7-14(9-6-11-16)15-10-5-8-12(2)13(15)3/h5,8,10,14H,4,6-7,9,11,16H2,1-3H3. The molecule has 0 aliphatic heterocycles. The minimum atomic E-state index is 0.702. The fourth-order valence-electron chi connectivity index (χ4n) is 2.38. The van der Waals surface area contributed by atoms with Crippen LogP contribution in [0.2, 0.25) is 0 Å². The lowest BCUT2D eigenvalue weighted by Crippen LogP contribution is -2.06. The number of rotatable bonds is 6. The summed E-state index contributed by atoms with van der Waals surface area (Å²) in [5, 5.41) is 0. The van der Waals surface area contributed by atoms with Gasteiger partial charge in [-0.1, -0.05) is 31.5 Å². The summed E-state index contributed by atoms with van der Waals surface area (Å²) in [6.45, 7) is 7.52. The minimum absolute atomic E-state index is 0.702. The average molecular weight is 219 g/mol. The van der Waals surface area contributed by atoms with Crippen LogP contribution >= 0.6 is 0 Å². The second-order valence-electron chi connectivity index (χ2n) is 4.71. The van der Waals surface area contributed by atoms with E-state index in [2.05, 4.69) is 39.0 Å². The Bertz CT molecular complexity index is 317. The highest BCUT2D eigenvalue weighted by molar-refractivity contribution is 5.35. The molecule has 1 unspecified atom stereocenters. The van der Waals surface area contributed by atoms with Gasteiger partial charge >= 0.3 is 0 Å². The molecule has 0 radical (unpaired) electrons. The van der Waals surface area contributed by atoms with Gasteiger partial charge in [-0.15, -0.1) is 0 Å². The summed E-state index contributed by atoms with van der Waals surface area (Å²) in [7, 11) is 0. The highest BCUT2D eigenvalue weighted by Crippen LogP contribution is 2.29. The SMILES string of the molecule is CCCC(CCCN)c1cccc(C)c1C. The van der Waals surface area contributed by atoms with Gasteiger partial charge in [0.1, 0.15) is 0 Å². The minimum Gasteiger partial charge on any atom is -0.330 e. The molecule has 0 saturated heterocycles. The Labute approximate surface area is 100 Å². The van der Waals surface area contributed by atoms with Crippen LogP contribution in [-0.4, -0.2) is 6.54 Å². The molecule has 90 valence electrons. The van der Waals surface area contributed by atoms with E-state index in [1.807, 2.05) is 0 Å². The fourth-order valence-corrected chi connectivity index (χ4v) is 2.38. The second-order valence-corrected chi connectivity index (χ2v) is 4.71. The van der Waals surface area contributed by atoms with Gasteiger partial charge < -0.3 is 5.73 Å². The van der Waals surface area contributed by atoms with Crippen molar-refractivity contribution in [3.63, 3.8) is 0 Å². The van der Waals surface area contributed by atoms with Gasteiger partial charge in [0.15, 0.2) is 0 Å². The number of hydrogen-bond donors (Lipinski definition) is 1.